The van der Waals surface area contributed by atoms with Crippen molar-refractivity contribution in [3.05, 3.63) is 76.3 Å². The molecule has 1 saturated heterocycles. The Morgan fingerprint density at radius 3 is 2.54 bits per heavy atom. The summed E-state index contributed by atoms with van der Waals surface area (Å²) in [5.74, 6) is 2.04. The minimum absolute atomic E-state index is 0.00322. The third kappa shape index (κ3) is 3.12. The number of imide groups is 1. The van der Waals surface area contributed by atoms with E-state index in [1.807, 2.05) is 49.4 Å². The molecule has 0 N–H and O–H groups in total. The van der Waals surface area contributed by atoms with Crippen molar-refractivity contribution in [1.29, 1.82) is 0 Å². The molecule has 0 saturated carbocycles. The number of rotatable bonds is 4. The van der Waals surface area contributed by atoms with E-state index in [4.69, 9.17) is 6.42 Å². The van der Waals surface area contributed by atoms with Crippen LogP contribution in [0.1, 0.15) is 16.8 Å². The maximum atomic E-state index is 12.6. The molecule has 0 bridgehead atoms. The zero-order valence-corrected chi connectivity index (χ0v) is 16.2. The number of hydrogen-bond donors (Lipinski definition) is 0. The van der Waals surface area contributed by atoms with Crippen LogP contribution in [-0.2, 0) is 11.3 Å². The predicted molar refractivity (Wildman–Crippen MR) is 114 cm³/mol. The molecule has 1 aliphatic heterocycles. The number of carbonyl (C=O) groups is 2. The number of benzene rings is 2. The van der Waals surface area contributed by atoms with Crippen LogP contribution in [0.25, 0.3) is 17.0 Å². The second-order valence-electron chi connectivity index (χ2n) is 6.56. The van der Waals surface area contributed by atoms with Crippen LogP contribution in [0, 0.1) is 19.3 Å². The van der Waals surface area contributed by atoms with E-state index < -0.39 is 0 Å². The lowest BCUT2D eigenvalue weighted by atomic mass is 10.1. The van der Waals surface area contributed by atoms with Gasteiger partial charge in [0.25, 0.3) is 11.1 Å². The predicted octanol–water partition coefficient (Wildman–Crippen LogP) is 4.67. The molecule has 0 atom stereocenters. The maximum Gasteiger partial charge on any atom is 0.294 e. The highest BCUT2D eigenvalue weighted by atomic mass is 32.2. The lowest BCUT2D eigenvalue weighted by molar-refractivity contribution is -0.122. The van der Waals surface area contributed by atoms with Crippen LogP contribution in [0.15, 0.2) is 59.5 Å². The number of thioether (sulfide) groups is 1. The van der Waals surface area contributed by atoms with E-state index >= 15 is 0 Å². The number of aromatic nitrogens is 1. The molecule has 0 spiro atoms. The summed E-state index contributed by atoms with van der Waals surface area (Å²) in [7, 11) is 0. The van der Waals surface area contributed by atoms with Crippen LogP contribution >= 0.6 is 11.8 Å². The monoisotopic (exact) mass is 386 g/mol. The summed E-state index contributed by atoms with van der Waals surface area (Å²) in [5, 5.41) is 0.736. The Bertz CT molecular complexity index is 1150. The maximum absolute atomic E-state index is 12.6. The van der Waals surface area contributed by atoms with Gasteiger partial charge in [-0.05, 0) is 36.4 Å². The van der Waals surface area contributed by atoms with Crippen molar-refractivity contribution in [1.82, 2.24) is 9.47 Å². The van der Waals surface area contributed by atoms with E-state index in [9.17, 15) is 9.59 Å². The fourth-order valence-electron chi connectivity index (χ4n) is 3.47. The molecule has 2 heterocycles. The Labute approximate surface area is 167 Å². The van der Waals surface area contributed by atoms with E-state index in [2.05, 4.69) is 28.7 Å². The van der Waals surface area contributed by atoms with E-state index in [0.29, 0.717) is 4.91 Å². The summed E-state index contributed by atoms with van der Waals surface area (Å²) in [6, 6.07) is 18.4. The fourth-order valence-corrected chi connectivity index (χ4v) is 4.29. The summed E-state index contributed by atoms with van der Waals surface area (Å²) in [6.45, 7) is 2.77. The van der Waals surface area contributed by atoms with E-state index in [-0.39, 0.29) is 17.7 Å². The number of fused-ring (bicyclic) bond motifs is 1. The number of para-hydroxylation sites is 1. The van der Waals surface area contributed by atoms with Crippen LogP contribution in [0.5, 0.6) is 0 Å². The third-order valence-electron chi connectivity index (χ3n) is 4.86. The molecular weight excluding hydrogens is 368 g/mol. The van der Waals surface area contributed by atoms with Crippen LogP contribution in [0.2, 0.25) is 0 Å². The third-order valence-corrected chi connectivity index (χ3v) is 5.77. The van der Waals surface area contributed by atoms with Crippen molar-refractivity contribution in [3.8, 4) is 12.3 Å². The molecule has 0 radical (unpaired) electrons. The van der Waals surface area contributed by atoms with Gasteiger partial charge in [-0.3, -0.25) is 14.5 Å². The molecule has 4 nitrogen and oxygen atoms in total. The Morgan fingerprint density at radius 2 is 1.79 bits per heavy atom. The van der Waals surface area contributed by atoms with Gasteiger partial charge in [-0.1, -0.05) is 54.5 Å². The fraction of sp³-hybridized carbons (Fsp3) is 0.130. The van der Waals surface area contributed by atoms with E-state index in [1.165, 1.54) is 5.56 Å². The largest absolute Gasteiger partial charge is 0.340 e. The van der Waals surface area contributed by atoms with Crippen molar-refractivity contribution < 1.29 is 9.59 Å². The molecule has 0 unspecified atom stereocenters. The van der Waals surface area contributed by atoms with Gasteiger partial charge in [0.15, 0.2) is 0 Å². The number of amides is 2. The summed E-state index contributed by atoms with van der Waals surface area (Å²) >= 11 is 0.941. The van der Waals surface area contributed by atoms with Crippen LogP contribution in [0.4, 0.5) is 4.79 Å². The van der Waals surface area contributed by atoms with Crippen molar-refractivity contribution in [2.75, 3.05) is 6.54 Å². The number of carbonyl (C=O) groups excluding carboxylic acids is 2. The SMILES string of the molecule is C#CCN1C(=O)S/C(=C/c2c(C)n(Cc3ccccc3)c3ccccc23)C1=O. The molecule has 4 rings (SSSR count). The van der Waals surface area contributed by atoms with Gasteiger partial charge in [0.2, 0.25) is 0 Å². The highest BCUT2D eigenvalue weighted by Gasteiger charge is 2.34. The minimum Gasteiger partial charge on any atom is -0.340 e. The van der Waals surface area contributed by atoms with E-state index in [1.54, 1.807) is 0 Å². The first-order valence-electron chi connectivity index (χ1n) is 8.90. The lowest BCUT2D eigenvalue weighted by Gasteiger charge is -2.09. The van der Waals surface area contributed by atoms with Gasteiger partial charge in [0, 0.05) is 28.7 Å². The van der Waals surface area contributed by atoms with Gasteiger partial charge in [0.1, 0.15) is 0 Å². The second kappa shape index (κ2) is 7.41. The van der Waals surface area contributed by atoms with Gasteiger partial charge in [0.05, 0.1) is 11.4 Å². The zero-order valence-electron chi connectivity index (χ0n) is 15.4. The molecule has 1 fully saturated rings. The molecule has 138 valence electrons. The zero-order chi connectivity index (χ0) is 19.7. The summed E-state index contributed by atoms with van der Waals surface area (Å²) in [5.41, 5.74) is 4.30. The summed E-state index contributed by atoms with van der Waals surface area (Å²) in [4.78, 5) is 26.2. The van der Waals surface area contributed by atoms with E-state index in [0.717, 1.165) is 45.4 Å². The normalized spacial score (nSPS) is 15.6. The van der Waals surface area contributed by atoms with Gasteiger partial charge in [-0.15, -0.1) is 6.42 Å². The average molecular weight is 386 g/mol. The van der Waals surface area contributed by atoms with Gasteiger partial charge in [-0.25, -0.2) is 0 Å². The van der Waals surface area contributed by atoms with Crippen LogP contribution < -0.4 is 0 Å². The molecule has 2 amide bonds. The minimum atomic E-state index is -0.327. The molecule has 1 aromatic heterocycles. The van der Waals surface area contributed by atoms with Gasteiger partial charge >= 0.3 is 0 Å². The summed E-state index contributed by atoms with van der Waals surface area (Å²) in [6.07, 6.45) is 7.10. The highest BCUT2D eigenvalue weighted by molar-refractivity contribution is 8.18. The van der Waals surface area contributed by atoms with Gasteiger partial charge < -0.3 is 4.57 Å². The van der Waals surface area contributed by atoms with Crippen molar-refractivity contribution >= 4 is 39.9 Å². The molecule has 0 aliphatic carbocycles. The van der Waals surface area contributed by atoms with Crippen LogP contribution in [-0.4, -0.2) is 27.2 Å². The first-order chi connectivity index (χ1) is 13.6. The first kappa shape index (κ1) is 18.1. The quantitative estimate of drug-likeness (QED) is 0.483. The van der Waals surface area contributed by atoms with Crippen molar-refractivity contribution in [3.63, 3.8) is 0 Å². The molecule has 5 heteroatoms. The number of terminal acetylenes is 1. The number of hydrogen-bond acceptors (Lipinski definition) is 3. The van der Waals surface area contributed by atoms with Crippen molar-refractivity contribution in [2.24, 2.45) is 0 Å². The van der Waals surface area contributed by atoms with Crippen molar-refractivity contribution in [2.45, 2.75) is 13.5 Å². The lowest BCUT2D eigenvalue weighted by Crippen LogP contribution is -2.28. The van der Waals surface area contributed by atoms with Gasteiger partial charge in [-0.2, -0.15) is 0 Å². The molecule has 2 aromatic carbocycles. The average Bonchev–Trinajstić information content (AvgIpc) is 3.12. The molecule has 28 heavy (non-hydrogen) atoms. The highest BCUT2D eigenvalue weighted by Crippen LogP contribution is 2.35. The number of nitrogens with zero attached hydrogens (tertiary/aromatic N) is 2. The molecule has 3 aromatic rings. The summed E-state index contributed by atoms with van der Waals surface area (Å²) < 4.78 is 2.24. The smallest absolute Gasteiger partial charge is 0.294 e. The Balaban J connectivity index is 1.81. The second-order valence-corrected chi connectivity index (χ2v) is 7.55. The first-order valence-corrected chi connectivity index (χ1v) is 9.72. The Kier molecular flexibility index (Phi) is 4.81. The molecule has 1 aliphatic rings. The Morgan fingerprint density at radius 1 is 1.07 bits per heavy atom. The molecular formula is C23H18N2O2S. The Hall–Kier alpha value is -3.23. The van der Waals surface area contributed by atoms with Crippen LogP contribution in [0.3, 0.4) is 0 Å². The topological polar surface area (TPSA) is 42.3 Å². The standard InChI is InChI=1S/C23H18N2O2S/c1-3-13-24-22(26)21(28-23(24)27)14-19-16(2)25(15-17-9-5-4-6-10-17)20-12-8-7-11-18(19)20/h1,4-12,14H,13,15H2,2H3/b21-14+.